The monoisotopic (exact) mass is 225 g/mol. The summed E-state index contributed by atoms with van der Waals surface area (Å²) in [5.41, 5.74) is 7.33. The SMILES string of the molecule is Cc1nnsc1C(N)C1CCCC(C)C1. The molecule has 4 heteroatoms. The first-order valence-corrected chi connectivity index (χ1v) is 6.50. The Kier molecular flexibility index (Phi) is 3.36. The Hall–Kier alpha value is -0.480. The molecule has 1 aliphatic rings. The summed E-state index contributed by atoms with van der Waals surface area (Å²) in [6, 6.07) is 0.160. The third-order valence-corrected chi connectivity index (χ3v) is 4.40. The van der Waals surface area contributed by atoms with Gasteiger partial charge in [0, 0.05) is 6.04 Å². The van der Waals surface area contributed by atoms with Crippen molar-refractivity contribution in [2.45, 2.75) is 45.6 Å². The van der Waals surface area contributed by atoms with Crippen molar-refractivity contribution in [3.05, 3.63) is 10.6 Å². The summed E-state index contributed by atoms with van der Waals surface area (Å²) < 4.78 is 3.97. The molecule has 15 heavy (non-hydrogen) atoms. The van der Waals surface area contributed by atoms with Crippen molar-refractivity contribution >= 4 is 11.5 Å². The maximum atomic E-state index is 6.31. The molecule has 0 amide bonds. The first-order chi connectivity index (χ1) is 7.18. The van der Waals surface area contributed by atoms with E-state index in [1.165, 1.54) is 42.1 Å². The minimum atomic E-state index is 0.160. The Morgan fingerprint density at radius 2 is 2.27 bits per heavy atom. The second kappa shape index (κ2) is 4.58. The van der Waals surface area contributed by atoms with Crippen molar-refractivity contribution in [3.63, 3.8) is 0 Å². The normalized spacial score (nSPS) is 29.0. The number of aromatic nitrogens is 2. The molecule has 0 radical (unpaired) electrons. The van der Waals surface area contributed by atoms with Gasteiger partial charge in [-0.2, -0.15) is 0 Å². The van der Waals surface area contributed by atoms with E-state index in [1.807, 2.05) is 6.92 Å². The van der Waals surface area contributed by atoms with E-state index in [2.05, 4.69) is 16.5 Å². The topological polar surface area (TPSA) is 51.8 Å². The van der Waals surface area contributed by atoms with Crippen LogP contribution in [0.2, 0.25) is 0 Å². The Morgan fingerprint density at radius 1 is 1.47 bits per heavy atom. The number of rotatable bonds is 2. The fourth-order valence-electron chi connectivity index (χ4n) is 2.56. The zero-order valence-corrected chi connectivity index (χ0v) is 10.3. The molecule has 0 bridgehead atoms. The molecule has 3 atom stereocenters. The van der Waals surface area contributed by atoms with Gasteiger partial charge in [-0.05, 0) is 43.1 Å². The predicted octanol–water partition coefficient (Wildman–Crippen LogP) is 2.67. The number of hydrogen-bond donors (Lipinski definition) is 1. The molecule has 3 nitrogen and oxygen atoms in total. The van der Waals surface area contributed by atoms with Crippen LogP contribution in [0.25, 0.3) is 0 Å². The molecule has 1 aromatic heterocycles. The van der Waals surface area contributed by atoms with Gasteiger partial charge in [-0.15, -0.1) is 5.10 Å². The lowest BCUT2D eigenvalue weighted by atomic mass is 9.78. The zero-order chi connectivity index (χ0) is 10.8. The molecule has 0 aliphatic heterocycles. The zero-order valence-electron chi connectivity index (χ0n) is 9.44. The van der Waals surface area contributed by atoms with Crippen LogP contribution in [0, 0.1) is 18.8 Å². The standard InChI is InChI=1S/C11H19N3S/c1-7-4-3-5-9(6-7)10(12)11-8(2)13-14-15-11/h7,9-10H,3-6,12H2,1-2H3. The molecule has 0 aromatic carbocycles. The molecular formula is C11H19N3S. The van der Waals surface area contributed by atoms with Crippen LogP contribution in [0.3, 0.4) is 0 Å². The number of nitrogens with two attached hydrogens (primary N) is 1. The Balaban J connectivity index is 2.07. The molecular weight excluding hydrogens is 206 g/mol. The van der Waals surface area contributed by atoms with Crippen LogP contribution in [0.1, 0.15) is 49.2 Å². The minimum absolute atomic E-state index is 0.160. The van der Waals surface area contributed by atoms with Crippen molar-refractivity contribution in [1.82, 2.24) is 9.59 Å². The summed E-state index contributed by atoms with van der Waals surface area (Å²) >= 11 is 1.47. The van der Waals surface area contributed by atoms with Crippen LogP contribution in [-0.4, -0.2) is 9.59 Å². The minimum Gasteiger partial charge on any atom is -0.323 e. The van der Waals surface area contributed by atoms with E-state index in [-0.39, 0.29) is 6.04 Å². The molecule has 1 aromatic rings. The quantitative estimate of drug-likeness (QED) is 0.842. The number of nitrogens with zero attached hydrogens (tertiary/aromatic N) is 2. The molecule has 3 unspecified atom stereocenters. The molecule has 2 N–H and O–H groups in total. The highest BCUT2D eigenvalue weighted by Gasteiger charge is 2.27. The van der Waals surface area contributed by atoms with E-state index >= 15 is 0 Å². The Morgan fingerprint density at radius 3 is 2.87 bits per heavy atom. The van der Waals surface area contributed by atoms with Gasteiger partial charge in [-0.25, -0.2) is 0 Å². The van der Waals surface area contributed by atoms with E-state index < -0.39 is 0 Å². The van der Waals surface area contributed by atoms with Gasteiger partial charge < -0.3 is 5.73 Å². The summed E-state index contributed by atoms with van der Waals surface area (Å²) in [5.74, 6) is 1.46. The molecule has 84 valence electrons. The Labute approximate surface area is 95.2 Å². The van der Waals surface area contributed by atoms with Crippen molar-refractivity contribution in [1.29, 1.82) is 0 Å². The average molecular weight is 225 g/mol. The third-order valence-electron chi connectivity index (χ3n) is 3.47. The van der Waals surface area contributed by atoms with Gasteiger partial charge in [0.15, 0.2) is 0 Å². The molecule has 1 fully saturated rings. The summed E-state index contributed by atoms with van der Waals surface area (Å²) in [5, 5.41) is 4.04. The molecule has 1 saturated carbocycles. The second-order valence-electron chi connectivity index (χ2n) is 4.78. The maximum Gasteiger partial charge on any atom is 0.0772 e. The van der Waals surface area contributed by atoms with E-state index in [1.54, 1.807) is 0 Å². The van der Waals surface area contributed by atoms with E-state index in [0.717, 1.165) is 11.6 Å². The molecule has 1 aliphatic carbocycles. The van der Waals surface area contributed by atoms with Crippen LogP contribution in [0.4, 0.5) is 0 Å². The van der Waals surface area contributed by atoms with Crippen molar-refractivity contribution < 1.29 is 0 Å². The van der Waals surface area contributed by atoms with Crippen molar-refractivity contribution in [3.8, 4) is 0 Å². The largest absolute Gasteiger partial charge is 0.323 e. The fraction of sp³-hybridized carbons (Fsp3) is 0.818. The van der Waals surface area contributed by atoms with Gasteiger partial charge in [-0.3, -0.25) is 0 Å². The molecule has 0 spiro atoms. The summed E-state index contributed by atoms with van der Waals surface area (Å²) in [7, 11) is 0. The van der Waals surface area contributed by atoms with Gasteiger partial charge in [0.05, 0.1) is 10.6 Å². The number of aryl methyl sites for hydroxylation is 1. The van der Waals surface area contributed by atoms with Crippen LogP contribution in [0.15, 0.2) is 0 Å². The van der Waals surface area contributed by atoms with E-state index in [9.17, 15) is 0 Å². The van der Waals surface area contributed by atoms with E-state index in [4.69, 9.17) is 5.73 Å². The van der Waals surface area contributed by atoms with Crippen molar-refractivity contribution in [2.75, 3.05) is 0 Å². The van der Waals surface area contributed by atoms with Crippen LogP contribution < -0.4 is 5.73 Å². The molecule has 0 saturated heterocycles. The lowest BCUT2D eigenvalue weighted by molar-refractivity contribution is 0.249. The van der Waals surface area contributed by atoms with E-state index in [0.29, 0.717) is 5.92 Å². The first kappa shape index (κ1) is 11.0. The first-order valence-electron chi connectivity index (χ1n) is 5.73. The summed E-state index contributed by atoms with van der Waals surface area (Å²) in [6.45, 7) is 4.33. The lowest BCUT2D eigenvalue weighted by Gasteiger charge is -2.30. The smallest absolute Gasteiger partial charge is 0.0772 e. The summed E-state index contributed by atoms with van der Waals surface area (Å²) in [4.78, 5) is 1.19. The highest BCUT2D eigenvalue weighted by molar-refractivity contribution is 7.05. The summed E-state index contributed by atoms with van der Waals surface area (Å²) in [6.07, 6.45) is 5.22. The van der Waals surface area contributed by atoms with Crippen LogP contribution in [-0.2, 0) is 0 Å². The van der Waals surface area contributed by atoms with Gasteiger partial charge in [0.1, 0.15) is 0 Å². The maximum absolute atomic E-state index is 6.31. The highest BCUT2D eigenvalue weighted by Crippen LogP contribution is 2.37. The van der Waals surface area contributed by atoms with Gasteiger partial charge in [0.25, 0.3) is 0 Å². The Bertz CT molecular complexity index is 323. The lowest BCUT2D eigenvalue weighted by Crippen LogP contribution is -2.26. The van der Waals surface area contributed by atoms with Gasteiger partial charge in [0.2, 0.25) is 0 Å². The third kappa shape index (κ3) is 2.37. The second-order valence-corrected chi connectivity index (χ2v) is 5.57. The number of hydrogen-bond acceptors (Lipinski definition) is 4. The molecule has 2 rings (SSSR count). The van der Waals surface area contributed by atoms with Crippen LogP contribution >= 0.6 is 11.5 Å². The van der Waals surface area contributed by atoms with Gasteiger partial charge in [-0.1, -0.05) is 24.3 Å². The average Bonchev–Trinajstić information content (AvgIpc) is 2.63. The van der Waals surface area contributed by atoms with Crippen LogP contribution in [0.5, 0.6) is 0 Å². The predicted molar refractivity (Wildman–Crippen MR) is 62.7 cm³/mol. The van der Waals surface area contributed by atoms with Crippen molar-refractivity contribution in [2.24, 2.45) is 17.6 Å². The fourth-order valence-corrected chi connectivity index (χ4v) is 3.30. The molecule has 1 heterocycles. The highest BCUT2D eigenvalue weighted by atomic mass is 32.1. The van der Waals surface area contributed by atoms with Gasteiger partial charge >= 0.3 is 0 Å².